The normalized spacial score (nSPS) is 11.4. The summed E-state index contributed by atoms with van der Waals surface area (Å²) in [5.41, 5.74) is 9.96. The van der Waals surface area contributed by atoms with Crippen molar-refractivity contribution in [1.82, 2.24) is 19.3 Å². The van der Waals surface area contributed by atoms with E-state index < -0.39 is 0 Å². The van der Waals surface area contributed by atoms with Crippen molar-refractivity contribution in [3.63, 3.8) is 0 Å². The average molecular weight is 535 g/mol. The van der Waals surface area contributed by atoms with E-state index in [0.717, 1.165) is 51.0 Å². The average Bonchev–Trinajstić information content (AvgIpc) is 3.46. The van der Waals surface area contributed by atoms with Crippen molar-refractivity contribution < 1.29 is 4.74 Å². The van der Waals surface area contributed by atoms with Gasteiger partial charge in [0.05, 0.1) is 22.4 Å². The first kappa shape index (κ1) is 24.9. The maximum atomic E-state index is 6.47. The lowest BCUT2D eigenvalue weighted by Gasteiger charge is -2.11. The summed E-state index contributed by atoms with van der Waals surface area (Å²) in [5.74, 6) is 2.41. The Morgan fingerprint density at radius 3 is 2.27 bits per heavy atom. The summed E-state index contributed by atoms with van der Waals surface area (Å²) in [6, 6.07) is 35.5. The monoisotopic (exact) mass is 534 g/mol. The van der Waals surface area contributed by atoms with Gasteiger partial charge in [0.15, 0.2) is 0 Å². The van der Waals surface area contributed by atoms with Gasteiger partial charge in [-0.05, 0) is 87.4 Å². The zero-order chi connectivity index (χ0) is 28.1. The van der Waals surface area contributed by atoms with Gasteiger partial charge in [0.25, 0.3) is 0 Å². The van der Waals surface area contributed by atoms with Crippen LogP contribution in [0.2, 0.25) is 0 Å². The fraction of sp³-hybridized carbons (Fsp3) is 0.111. The molecular formula is C36H30N4O. The molecule has 41 heavy (non-hydrogen) atoms. The molecule has 5 nitrogen and oxygen atoms in total. The van der Waals surface area contributed by atoms with Gasteiger partial charge in [-0.15, -0.1) is 0 Å². The van der Waals surface area contributed by atoms with E-state index in [0.29, 0.717) is 0 Å². The summed E-state index contributed by atoms with van der Waals surface area (Å²) in [5, 5.41) is 7.26. The van der Waals surface area contributed by atoms with Crippen molar-refractivity contribution >= 4 is 21.8 Å². The van der Waals surface area contributed by atoms with E-state index >= 15 is 0 Å². The van der Waals surface area contributed by atoms with Gasteiger partial charge in [-0.2, -0.15) is 5.10 Å². The van der Waals surface area contributed by atoms with E-state index in [1.54, 1.807) is 0 Å². The summed E-state index contributed by atoms with van der Waals surface area (Å²) >= 11 is 0. The third-order valence-corrected chi connectivity index (χ3v) is 7.68. The maximum Gasteiger partial charge on any atom is 0.137 e. The van der Waals surface area contributed by atoms with E-state index in [2.05, 4.69) is 99.0 Å². The minimum absolute atomic E-state index is 0.753. The van der Waals surface area contributed by atoms with Crippen LogP contribution < -0.4 is 4.74 Å². The van der Waals surface area contributed by atoms with Crippen molar-refractivity contribution in [2.75, 3.05) is 0 Å². The third-order valence-electron chi connectivity index (χ3n) is 7.68. The number of pyridine rings is 1. The van der Waals surface area contributed by atoms with Crippen LogP contribution in [0.4, 0.5) is 0 Å². The summed E-state index contributed by atoms with van der Waals surface area (Å²) < 4.78 is 10.7. The number of hydrogen-bond acceptors (Lipinski definition) is 3. The molecule has 7 aromatic rings. The first-order chi connectivity index (χ1) is 20.0. The van der Waals surface area contributed by atoms with Crippen molar-refractivity contribution in [3.05, 3.63) is 132 Å². The standard InChI is InChI=1S/C36H30N4O/c1-23-13-16-33-32(19-23)31-15-14-30(22-34(31)39(33)35-20-24(2)17-18-37-35)41-29-12-8-11-28(21-29)40-26(4)36(25(3)38-40)27-9-6-5-7-10-27/h5-22H,1-4H3. The summed E-state index contributed by atoms with van der Waals surface area (Å²) in [6.07, 6.45) is 1.87. The highest BCUT2D eigenvalue weighted by molar-refractivity contribution is 6.09. The number of aromatic nitrogens is 4. The van der Waals surface area contributed by atoms with E-state index in [4.69, 9.17) is 14.8 Å². The molecule has 0 aliphatic rings. The molecule has 7 rings (SSSR count). The number of ether oxygens (including phenoxy) is 1. The quantitative estimate of drug-likeness (QED) is 0.221. The largest absolute Gasteiger partial charge is 0.457 e. The predicted molar refractivity (Wildman–Crippen MR) is 167 cm³/mol. The van der Waals surface area contributed by atoms with Crippen molar-refractivity contribution in [3.8, 4) is 34.1 Å². The zero-order valence-electron chi connectivity index (χ0n) is 23.6. The van der Waals surface area contributed by atoms with Crippen LogP contribution in [0.1, 0.15) is 22.5 Å². The van der Waals surface area contributed by atoms with Gasteiger partial charge >= 0.3 is 0 Å². The van der Waals surface area contributed by atoms with E-state index in [-0.39, 0.29) is 0 Å². The van der Waals surface area contributed by atoms with E-state index in [1.165, 1.54) is 27.5 Å². The Bertz CT molecular complexity index is 2070. The molecule has 0 aliphatic heterocycles. The highest BCUT2D eigenvalue weighted by atomic mass is 16.5. The molecule has 0 unspecified atom stereocenters. The topological polar surface area (TPSA) is 44.9 Å². The van der Waals surface area contributed by atoms with Gasteiger partial charge in [0.1, 0.15) is 17.3 Å². The van der Waals surface area contributed by atoms with E-state index in [9.17, 15) is 0 Å². The Kier molecular flexibility index (Phi) is 5.93. The van der Waals surface area contributed by atoms with Crippen LogP contribution in [-0.2, 0) is 0 Å². The fourth-order valence-corrected chi connectivity index (χ4v) is 5.80. The van der Waals surface area contributed by atoms with Crippen LogP contribution in [-0.4, -0.2) is 19.3 Å². The SMILES string of the molecule is Cc1ccnc(-n2c3ccc(C)cc3c3ccc(Oc4cccc(-n5nc(C)c(-c6ccccc6)c5C)c4)cc32)c1. The number of fused-ring (bicyclic) bond motifs is 3. The number of nitrogens with zero attached hydrogens (tertiary/aromatic N) is 4. The third kappa shape index (κ3) is 4.36. The summed E-state index contributed by atoms with van der Waals surface area (Å²) in [6.45, 7) is 8.40. The maximum absolute atomic E-state index is 6.47. The molecule has 0 spiro atoms. The Morgan fingerprint density at radius 1 is 0.634 bits per heavy atom. The lowest BCUT2D eigenvalue weighted by atomic mass is 10.0. The molecule has 3 aromatic heterocycles. The molecule has 0 saturated heterocycles. The van der Waals surface area contributed by atoms with Gasteiger partial charge in [-0.3, -0.25) is 4.57 Å². The molecule has 4 aromatic carbocycles. The number of hydrogen-bond donors (Lipinski definition) is 0. The molecule has 0 amide bonds. The molecule has 200 valence electrons. The van der Waals surface area contributed by atoms with Gasteiger partial charge < -0.3 is 4.74 Å². The smallest absolute Gasteiger partial charge is 0.137 e. The number of aryl methyl sites for hydroxylation is 3. The fourth-order valence-electron chi connectivity index (χ4n) is 5.80. The van der Waals surface area contributed by atoms with Gasteiger partial charge in [-0.1, -0.05) is 48.0 Å². The van der Waals surface area contributed by atoms with Crippen molar-refractivity contribution in [2.45, 2.75) is 27.7 Å². The number of rotatable bonds is 5. The van der Waals surface area contributed by atoms with Crippen LogP contribution in [0, 0.1) is 27.7 Å². The summed E-state index contributed by atoms with van der Waals surface area (Å²) in [7, 11) is 0. The number of benzene rings is 4. The Labute approximate surface area is 239 Å². The molecule has 3 heterocycles. The highest BCUT2D eigenvalue weighted by Crippen LogP contribution is 2.36. The van der Waals surface area contributed by atoms with Gasteiger partial charge in [0, 0.05) is 40.4 Å². The Hall–Kier alpha value is -5.16. The molecule has 5 heteroatoms. The second-order valence-electron chi connectivity index (χ2n) is 10.6. The first-order valence-corrected chi connectivity index (χ1v) is 13.8. The lowest BCUT2D eigenvalue weighted by molar-refractivity contribution is 0.483. The minimum Gasteiger partial charge on any atom is -0.457 e. The summed E-state index contributed by atoms with van der Waals surface area (Å²) in [4.78, 5) is 4.72. The first-order valence-electron chi connectivity index (χ1n) is 13.8. The van der Waals surface area contributed by atoms with Gasteiger partial charge in [0.2, 0.25) is 0 Å². The molecule has 0 N–H and O–H groups in total. The van der Waals surface area contributed by atoms with E-state index in [1.807, 2.05) is 47.3 Å². The second kappa shape index (κ2) is 9.79. The minimum atomic E-state index is 0.753. The molecule has 0 saturated carbocycles. The van der Waals surface area contributed by atoms with Crippen molar-refractivity contribution in [2.24, 2.45) is 0 Å². The van der Waals surface area contributed by atoms with Crippen LogP contribution in [0.3, 0.4) is 0 Å². The van der Waals surface area contributed by atoms with Crippen LogP contribution in [0.15, 0.2) is 109 Å². The molecule has 0 bridgehead atoms. The van der Waals surface area contributed by atoms with Crippen LogP contribution in [0.25, 0.3) is 44.4 Å². The molecule has 0 radical (unpaired) electrons. The Morgan fingerprint density at radius 2 is 1.44 bits per heavy atom. The molecule has 0 aliphatic carbocycles. The van der Waals surface area contributed by atoms with Crippen molar-refractivity contribution in [1.29, 1.82) is 0 Å². The predicted octanol–water partition coefficient (Wildman–Crippen LogP) is 9.06. The second-order valence-corrected chi connectivity index (χ2v) is 10.6. The van der Waals surface area contributed by atoms with Crippen LogP contribution in [0.5, 0.6) is 11.5 Å². The lowest BCUT2D eigenvalue weighted by Crippen LogP contribution is -1.99. The zero-order valence-corrected chi connectivity index (χ0v) is 23.6. The molecule has 0 atom stereocenters. The van der Waals surface area contributed by atoms with Gasteiger partial charge in [-0.25, -0.2) is 9.67 Å². The van der Waals surface area contributed by atoms with Crippen LogP contribution >= 0.6 is 0 Å². The highest BCUT2D eigenvalue weighted by Gasteiger charge is 2.17. The Balaban J connectivity index is 1.30. The molecule has 0 fully saturated rings. The molecular weight excluding hydrogens is 504 g/mol.